The van der Waals surface area contributed by atoms with E-state index in [1.165, 1.54) is 10.6 Å². The zero-order chi connectivity index (χ0) is 17.3. The normalized spacial score (nSPS) is 10.8. The van der Waals surface area contributed by atoms with E-state index in [0.29, 0.717) is 17.1 Å². The lowest BCUT2D eigenvalue weighted by molar-refractivity contribution is 0.102. The summed E-state index contributed by atoms with van der Waals surface area (Å²) in [6, 6.07) is 10.1. The van der Waals surface area contributed by atoms with Gasteiger partial charge in [-0.2, -0.15) is 4.98 Å². The van der Waals surface area contributed by atoms with Crippen LogP contribution in [0.3, 0.4) is 0 Å². The number of hydrogen-bond acceptors (Lipinski definition) is 4. The quantitative estimate of drug-likeness (QED) is 0.766. The molecule has 0 atom stereocenters. The largest absolute Gasteiger partial charge is 0.493 e. The Hall–Kier alpha value is -2.86. The van der Waals surface area contributed by atoms with E-state index in [2.05, 4.69) is 10.3 Å². The van der Waals surface area contributed by atoms with Gasteiger partial charge in [0.2, 0.25) is 5.88 Å². The van der Waals surface area contributed by atoms with Crippen LogP contribution in [-0.4, -0.2) is 20.4 Å². The Morgan fingerprint density at radius 1 is 1.29 bits per heavy atom. The Bertz CT molecular complexity index is 998. The lowest BCUT2D eigenvalue weighted by Crippen LogP contribution is -2.27. The van der Waals surface area contributed by atoms with Crippen molar-refractivity contribution in [3.8, 4) is 5.88 Å². The molecule has 2 heterocycles. The number of fused-ring (bicyclic) bond motifs is 1. The molecule has 122 valence electrons. The van der Waals surface area contributed by atoms with Gasteiger partial charge in [-0.25, -0.2) is 0 Å². The van der Waals surface area contributed by atoms with Crippen LogP contribution in [0.1, 0.15) is 22.8 Å². The topological polar surface area (TPSA) is 83.7 Å². The molecule has 6 nitrogen and oxygen atoms in total. The van der Waals surface area contributed by atoms with Crippen molar-refractivity contribution in [2.45, 2.75) is 13.3 Å². The van der Waals surface area contributed by atoms with Gasteiger partial charge in [0.05, 0.1) is 10.7 Å². The van der Waals surface area contributed by atoms with E-state index in [0.717, 1.165) is 5.56 Å². The molecule has 0 aliphatic carbocycles. The van der Waals surface area contributed by atoms with Gasteiger partial charge in [0.1, 0.15) is 5.65 Å². The average Bonchev–Trinajstić information content (AvgIpc) is 2.57. The van der Waals surface area contributed by atoms with Gasteiger partial charge in [0.25, 0.3) is 11.5 Å². The number of anilines is 1. The fourth-order valence-electron chi connectivity index (χ4n) is 2.41. The maximum atomic E-state index is 12.5. The zero-order valence-electron chi connectivity index (χ0n) is 12.8. The molecule has 0 aliphatic rings. The van der Waals surface area contributed by atoms with E-state index >= 15 is 0 Å². The van der Waals surface area contributed by atoms with Crippen molar-refractivity contribution in [1.82, 2.24) is 9.38 Å². The van der Waals surface area contributed by atoms with Crippen LogP contribution in [0.15, 0.2) is 47.4 Å². The van der Waals surface area contributed by atoms with Crippen LogP contribution in [0.5, 0.6) is 5.88 Å². The highest BCUT2D eigenvalue weighted by molar-refractivity contribution is 6.34. The van der Waals surface area contributed by atoms with E-state index in [1.807, 2.05) is 13.0 Å². The maximum Gasteiger partial charge on any atom is 0.274 e. The van der Waals surface area contributed by atoms with Crippen molar-refractivity contribution in [2.24, 2.45) is 0 Å². The second-order valence-corrected chi connectivity index (χ2v) is 5.51. The number of halogens is 1. The number of aryl methyl sites for hydroxylation is 1. The fraction of sp³-hybridized carbons (Fsp3) is 0.118. The monoisotopic (exact) mass is 343 g/mol. The molecule has 0 saturated carbocycles. The van der Waals surface area contributed by atoms with E-state index in [9.17, 15) is 14.7 Å². The Kier molecular flexibility index (Phi) is 4.22. The molecule has 24 heavy (non-hydrogen) atoms. The number of benzene rings is 1. The van der Waals surface area contributed by atoms with Gasteiger partial charge in [-0.3, -0.25) is 14.0 Å². The summed E-state index contributed by atoms with van der Waals surface area (Å²) in [5, 5.41) is 13.0. The van der Waals surface area contributed by atoms with Crippen LogP contribution < -0.4 is 10.9 Å². The average molecular weight is 344 g/mol. The fourth-order valence-corrected chi connectivity index (χ4v) is 2.72. The number of carbonyl (C=O) groups is 1. The standard InChI is InChI=1S/C17H14ClN3O3/c1-2-10-6-5-7-11(14(10)18)19-15(22)13-16(23)20-12-8-3-4-9-21(12)17(13)24/h3-9,23H,2H2,1H3,(H,19,22). The van der Waals surface area contributed by atoms with Crippen molar-refractivity contribution in [3.05, 3.63) is 69.1 Å². The lowest BCUT2D eigenvalue weighted by Gasteiger charge is -2.11. The van der Waals surface area contributed by atoms with Crippen LogP contribution in [0.4, 0.5) is 5.69 Å². The second kappa shape index (κ2) is 6.33. The summed E-state index contributed by atoms with van der Waals surface area (Å²) in [5.74, 6) is -1.38. The number of hydrogen-bond donors (Lipinski definition) is 2. The molecule has 0 unspecified atom stereocenters. The maximum absolute atomic E-state index is 12.5. The number of nitrogens with one attached hydrogen (secondary N) is 1. The molecule has 1 aromatic carbocycles. The van der Waals surface area contributed by atoms with Gasteiger partial charge in [0, 0.05) is 6.20 Å². The smallest absolute Gasteiger partial charge is 0.274 e. The first kappa shape index (κ1) is 16.0. The van der Waals surface area contributed by atoms with Gasteiger partial charge in [-0.1, -0.05) is 36.7 Å². The first-order valence-electron chi connectivity index (χ1n) is 7.32. The molecule has 0 bridgehead atoms. The van der Waals surface area contributed by atoms with Gasteiger partial charge >= 0.3 is 0 Å². The Morgan fingerprint density at radius 2 is 2.08 bits per heavy atom. The van der Waals surface area contributed by atoms with Crippen LogP contribution >= 0.6 is 11.6 Å². The SMILES string of the molecule is CCc1cccc(NC(=O)c2c(O)nc3ccccn3c2=O)c1Cl. The number of pyridine rings is 1. The molecular weight excluding hydrogens is 330 g/mol. The van der Waals surface area contributed by atoms with Crippen LogP contribution in [0, 0.1) is 0 Å². The molecular formula is C17H14ClN3O3. The molecule has 3 aromatic rings. The molecule has 0 radical (unpaired) electrons. The molecule has 0 saturated heterocycles. The number of amides is 1. The zero-order valence-corrected chi connectivity index (χ0v) is 13.5. The Morgan fingerprint density at radius 3 is 2.83 bits per heavy atom. The van der Waals surface area contributed by atoms with E-state index in [4.69, 9.17) is 11.6 Å². The number of nitrogens with zero attached hydrogens (tertiary/aromatic N) is 2. The molecule has 0 fully saturated rings. The Balaban J connectivity index is 2.05. The van der Waals surface area contributed by atoms with Crippen LogP contribution in [0.2, 0.25) is 5.02 Å². The molecule has 7 heteroatoms. The van der Waals surface area contributed by atoms with Crippen molar-refractivity contribution in [1.29, 1.82) is 0 Å². The van der Waals surface area contributed by atoms with Gasteiger partial charge in [-0.05, 0) is 30.2 Å². The summed E-state index contributed by atoms with van der Waals surface area (Å²) >= 11 is 6.24. The summed E-state index contributed by atoms with van der Waals surface area (Å²) < 4.78 is 1.19. The van der Waals surface area contributed by atoms with Gasteiger partial charge in [0.15, 0.2) is 5.56 Å². The summed E-state index contributed by atoms with van der Waals surface area (Å²) in [6.45, 7) is 1.94. The third-order valence-corrected chi connectivity index (χ3v) is 4.10. The first-order valence-corrected chi connectivity index (χ1v) is 7.69. The van der Waals surface area contributed by atoms with E-state index in [-0.39, 0.29) is 5.65 Å². The number of carbonyl (C=O) groups excluding carboxylic acids is 1. The highest BCUT2D eigenvalue weighted by atomic mass is 35.5. The molecule has 0 aliphatic heterocycles. The van der Waals surface area contributed by atoms with E-state index in [1.54, 1.807) is 30.3 Å². The first-order chi connectivity index (χ1) is 11.5. The Labute approximate surface area is 142 Å². The second-order valence-electron chi connectivity index (χ2n) is 5.13. The number of rotatable bonds is 3. The molecule has 1 amide bonds. The minimum absolute atomic E-state index is 0.252. The van der Waals surface area contributed by atoms with E-state index < -0.39 is 22.9 Å². The predicted molar refractivity (Wildman–Crippen MR) is 91.9 cm³/mol. The van der Waals surface area contributed by atoms with Crippen molar-refractivity contribution in [2.75, 3.05) is 5.32 Å². The van der Waals surface area contributed by atoms with Crippen molar-refractivity contribution >= 4 is 28.8 Å². The summed E-state index contributed by atoms with van der Waals surface area (Å²) in [4.78, 5) is 28.8. The minimum Gasteiger partial charge on any atom is -0.493 e. The molecule has 2 N–H and O–H groups in total. The highest BCUT2D eigenvalue weighted by Crippen LogP contribution is 2.27. The third kappa shape index (κ3) is 2.72. The summed E-state index contributed by atoms with van der Waals surface area (Å²) in [7, 11) is 0. The molecule has 0 spiro atoms. The number of aromatic hydroxyl groups is 1. The van der Waals surface area contributed by atoms with Gasteiger partial charge < -0.3 is 10.4 Å². The van der Waals surface area contributed by atoms with Crippen molar-refractivity contribution in [3.63, 3.8) is 0 Å². The van der Waals surface area contributed by atoms with Crippen LogP contribution in [-0.2, 0) is 6.42 Å². The minimum atomic E-state index is -0.765. The summed E-state index contributed by atoms with van der Waals surface area (Å²) in [6.07, 6.45) is 2.18. The van der Waals surface area contributed by atoms with Gasteiger partial charge in [-0.15, -0.1) is 0 Å². The lowest BCUT2D eigenvalue weighted by atomic mass is 10.1. The molecule has 2 aromatic heterocycles. The highest BCUT2D eigenvalue weighted by Gasteiger charge is 2.20. The molecule has 3 rings (SSSR count). The van der Waals surface area contributed by atoms with Crippen LogP contribution in [0.25, 0.3) is 5.65 Å². The number of aromatic nitrogens is 2. The summed E-state index contributed by atoms with van der Waals surface area (Å²) in [5.41, 5.74) is 0.405. The third-order valence-electron chi connectivity index (χ3n) is 3.65. The predicted octanol–water partition coefficient (Wildman–Crippen LogP) is 2.87. The van der Waals surface area contributed by atoms with Crippen molar-refractivity contribution < 1.29 is 9.90 Å².